The Balaban J connectivity index is 1.75. The molecular formula is C13H16. The van der Waals surface area contributed by atoms with Crippen LogP contribution < -0.4 is 0 Å². The van der Waals surface area contributed by atoms with Crippen LogP contribution in [-0.2, 0) is 0 Å². The quantitative estimate of drug-likeness (QED) is 0.558. The molecule has 2 atom stereocenters. The molecule has 3 aliphatic carbocycles. The minimum atomic E-state index is 0.586. The average molecular weight is 172 g/mol. The summed E-state index contributed by atoms with van der Waals surface area (Å²) < 4.78 is 0. The first kappa shape index (κ1) is 7.61. The van der Waals surface area contributed by atoms with Gasteiger partial charge in [0.25, 0.3) is 0 Å². The number of rotatable bonds is 2. The van der Waals surface area contributed by atoms with Gasteiger partial charge in [0.15, 0.2) is 0 Å². The first-order valence-corrected chi connectivity index (χ1v) is 5.40. The van der Waals surface area contributed by atoms with E-state index in [1.807, 2.05) is 0 Å². The van der Waals surface area contributed by atoms with E-state index >= 15 is 0 Å². The highest BCUT2D eigenvalue weighted by atomic mass is 14.4. The summed E-state index contributed by atoms with van der Waals surface area (Å²) in [4.78, 5) is 0. The van der Waals surface area contributed by atoms with E-state index in [4.69, 9.17) is 0 Å². The van der Waals surface area contributed by atoms with Crippen molar-refractivity contribution < 1.29 is 0 Å². The monoisotopic (exact) mass is 172 g/mol. The molecule has 0 heterocycles. The number of allylic oxidation sites excluding steroid dienone is 6. The van der Waals surface area contributed by atoms with Gasteiger partial charge in [0.05, 0.1) is 0 Å². The van der Waals surface area contributed by atoms with Gasteiger partial charge in [-0.2, -0.15) is 0 Å². The molecule has 1 saturated carbocycles. The Bertz CT molecular complexity index is 306. The lowest BCUT2D eigenvalue weighted by Crippen LogP contribution is -2.11. The van der Waals surface area contributed by atoms with Gasteiger partial charge in [-0.3, -0.25) is 0 Å². The zero-order valence-corrected chi connectivity index (χ0v) is 8.00. The number of hydrogen-bond donors (Lipinski definition) is 0. The second kappa shape index (κ2) is 2.60. The van der Waals surface area contributed by atoms with Gasteiger partial charge in [-0.1, -0.05) is 36.0 Å². The standard InChI is InChI=1S/C13H16/c1-2-4-11(3-1)9-13-7-5-12(10-13)6-8-13/h1-3,5,7,12H,4,6,8-10H2. The molecule has 0 N–H and O–H groups in total. The van der Waals surface area contributed by atoms with Crippen molar-refractivity contribution in [3.05, 3.63) is 36.0 Å². The molecule has 13 heavy (non-hydrogen) atoms. The van der Waals surface area contributed by atoms with Crippen LogP contribution in [0.25, 0.3) is 0 Å². The largest absolute Gasteiger partial charge is 0.0848 e. The highest BCUT2D eigenvalue weighted by Crippen LogP contribution is 2.52. The molecule has 0 saturated heterocycles. The van der Waals surface area contributed by atoms with Crippen molar-refractivity contribution in [2.75, 3.05) is 0 Å². The smallest absolute Gasteiger partial charge is 0.00750 e. The second-order valence-electron chi connectivity index (χ2n) is 4.86. The molecule has 0 aromatic carbocycles. The summed E-state index contributed by atoms with van der Waals surface area (Å²) in [6.07, 6.45) is 18.6. The van der Waals surface area contributed by atoms with Crippen molar-refractivity contribution in [1.82, 2.24) is 0 Å². The van der Waals surface area contributed by atoms with Crippen molar-refractivity contribution in [1.29, 1.82) is 0 Å². The minimum absolute atomic E-state index is 0.586. The third-order valence-electron chi connectivity index (χ3n) is 3.83. The SMILES string of the molecule is C1=CCC(CC23C=CC(CC2)C3)=C1. The Kier molecular flexibility index (Phi) is 1.52. The predicted octanol–water partition coefficient (Wildman–Crippen LogP) is 3.62. The van der Waals surface area contributed by atoms with Crippen LogP contribution >= 0.6 is 0 Å². The Morgan fingerprint density at radius 1 is 1.46 bits per heavy atom. The van der Waals surface area contributed by atoms with Crippen LogP contribution in [0.2, 0.25) is 0 Å². The van der Waals surface area contributed by atoms with Crippen LogP contribution in [-0.4, -0.2) is 0 Å². The maximum absolute atomic E-state index is 2.50. The fourth-order valence-electron chi connectivity index (χ4n) is 3.15. The summed E-state index contributed by atoms with van der Waals surface area (Å²) in [5, 5.41) is 0. The third-order valence-corrected chi connectivity index (χ3v) is 3.83. The molecule has 2 bridgehead atoms. The fourth-order valence-corrected chi connectivity index (χ4v) is 3.15. The Morgan fingerprint density at radius 3 is 3.00 bits per heavy atom. The van der Waals surface area contributed by atoms with Crippen LogP contribution in [0.4, 0.5) is 0 Å². The highest BCUT2D eigenvalue weighted by Gasteiger charge is 2.40. The van der Waals surface area contributed by atoms with Gasteiger partial charge in [-0.25, -0.2) is 0 Å². The molecule has 0 heteroatoms. The topological polar surface area (TPSA) is 0 Å². The van der Waals surface area contributed by atoms with Gasteiger partial charge in [0, 0.05) is 0 Å². The van der Waals surface area contributed by atoms with E-state index in [0.29, 0.717) is 5.41 Å². The molecule has 0 radical (unpaired) electrons. The van der Waals surface area contributed by atoms with Crippen molar-refractivity contribution in [2.45, 2.75) is 32.1 Å². The van der Waals surface area contributed by atoms with E-state index in [-0.39, 0.29) is 0 Å². The van der Waals surface area contributed by atoms with Gasteiger partial charge in [0.2, 0.25) is 0 Å². The summed E-state index contributed by atoms with van der Waals surface area (Å²) in [7, 11) is 0. The van der Waals surface area contributed by atoms with Gasteiger partial charge in [-0.05, 0) is 43.4 Å². The first-order valence-electron chi connectivity index (χ1n) is 5.40. The molecule has 2 unspecified atom stereocenters. The zero-order chi connectivity index (χ0) is 8.73. The molecular weight excluding hydrogens is 156 g/mol. The maximum atomic E-state index is 2.50. The third kappa shape index (κ3) is 1.20. The Labute approximate surface area is 80.0 Å². The Hall–Kier alpha value is -0.780. The summed E-state index contributed by atoms with van der Waals surface area (Å²) in [6.45, 7) is 0. The van der Waals surface area contributed by atoms with Crippen molar-refractivity contribution in [3.63, 3.8) is 0 Å². The molecule has 0 nitrogen and oxygen atoms in total. The zero-order valence-electron chi connectivity index (χ0n) is 8.00. The Morgan fingerprint density at radius 2 is 2.46 bits per heavy atom. The van der Waals surface area contributed by atoms with E-state index in [1.54, 1.807) is 5.57 Å². The molecule has 0 spiro atoms. The number of hydrogen-bond acceptors (Lipinski definition) is 0. The summed E-state index contributed by atoms with van der Waals surface area (Å²) in [5.74, 6) is 0.926. The molecule has 0 aliphatic heterocycles. The van der Waals surface area contributed by atoms with Crippen molar-refractivity contribution >= 4 is 0 Å². The van der Waals surface area contributed by atoms with Gasteiger partial charge in [-0.15, -0.1) is 0 Å². The van der Waals surface area contributed by atoms with E-state index < -0.39 is 0 Å². The molecule has 3 aliphatic rings. The van der Waals surface area contributed by atoms with Gasteiger partial charge < -0.3 is 0 Å². The molecule has 68 valence electrons. The normalized spacial score (nSPS) is 40.3. The van der Waals surface area contributed by atoms with Crippen LogP contribution in [0.5, 0.6) is 0 Å². The van der Waals surface area contributed by atoms with Crippen molar-refractivity contribution in [3.8, 4) is 0 Å². The number of fused-ring (bicyclic) bond motifs is 2. The highest BCUT2D eigenvalue weighted by molar-refractivity contribution is 5.27. The lowest BCUT2D eigenvalue weighted by atomic mass is 9.81. The van der Waals surface area contributed by atoms with Crippen molar-refractivity contribution in [2.24, 2.45) is 11.3 Å². The van der Waals surface area contributed by atoms with E-state index in [2.05, 4.69) is 30.4 Å². The van der Waals surface area contributed by atoms with E-state index in [9.17, 15) is 0 Å². The molecule has 0 aromatic rings. The van der Waals surface area contributed by atoms with Gasteiger partial charge >= 0.3 is 0 Å². The molecule has 3 rings (SSSR count). The molecule has 0 aromatic heterocycles. The summed E-state index contributed by atoms with van der Waals surface area (Å²) >= 11 is 0. The predicted molar refractivity (Wildman–Crippen MR) is 55.4 cm³/mol. The molecule has 1 fully saturated rings. The summed E-state index contributed by atoms with van der Waals surface area (Å²) in [5.41, 5.74) is 2.23. The maximum Gasteiger partial charge on any atom is -0.00750 e. The van der Waals surface area contributed by atoms with E-state index in [0.717, 1.165) is 5.92 Å². The van der Waals surface area contributed by atoms with Crippen LogP contribution in [0.3, 0.4) is 0 Å². The lowest BCUT2D eigenvalue weighted by Gasteiger charge is -2.23. The first-order chi connectivity index (χ1) is 6.36. The average Bonchev–Trinajstić information content (AvgIpc) is 2.79. The minimum Gasteiger partial charge on any atom is -0.0848 e. The van der Waals surface area contributed by atoms with Gasteiger partial charge in [0.1, 0.15) is 0 Å². The van der Waals surface area contributed by atoms with Crippen LogP contribution in [0.15, 0.2) is 36.0 Å². The summed E-state index contributed by atoms with van der Waals surface area (Å²) in [6, 6.07) is 0. The molecule has 0 amide bonds. The van der Waals surface area contributed by atoms with Crippen LogP contribution in [0.1, 0.15) is 32.1 Å². The van der Waals surface area contributed by atoms with Crippen LogP contribution in [0, 0.1) is 11.3 Å². The fraction of sp³-hybridized carbons (Fsp3) is 0.538. The lowest BCUT2D eigenvalue weighted by molar-refractivity contribution is 0.398. The van der Waals surface area contributed by atoms with E-state index in [1.165, 1.54) is 32.1 Å². The second-order valence-corrected chi connectivity index (χ2v) is 4.86.